The summed E-state index contributed by atoms with van der Waals surface area (Å²) in [4.78, 5) is 0. The van der Waals surface area contributed by atoms with Gasteiger partial charge in [0, 0.05) is 0 Å². The van der Waals surface area contributed by atoms with Crippen LogP contribution in [-0.2, 0) is 10.3 Å². The Morgan fingerprint density at radius 2 is 2.00 bits per heavy atom. The predicted molar refractivity (Wildman–Crippen MR) is 19.4 cm³/mol. The fraction of sp³-hybridized carbons (Fsp3) is 0. The van der Waals surface area contributed by atoms with Crippen molar-refractivity contribution in [3.8, 4) is 0 Å². The molecule has 0 aromatic rings. The molecular weight excluding hydrogens is 140 g/mol. The minimum atomic E-state index is -4.89. The van der Waals surface area contributed by atoms with Crippen LogP contribution in [0.2, 0.25) is 0 Å². The summed E-state index contributed by atoms with van der Waals surface area (Å²) in [6, 6.07) is 0. The van der Waals surface area contributed by atoms with Crippen LogP contribution in [-0.4, -0.2) is 22.4 Å². The highest BCUT2D eigenvalue weighted by molar-refractivity contribution is 7.79. The second kappa shape index (κ2) is 1.92. The van der Waals surface area contributed by atoms with E-state index in [-0.39, 0.29) is 0 Å². The summed E-state index contributed by atoms with van der Waals surface area (Å²) in [5.41, 5.74) is 0. The Morgan fingerprint density at radius 1 is 1.62 bits per heavy atom. The lowest BCUT2D eigenvalue weighted by Gasteiger charge is -1.86. The van der Waals surface area contributed by atoms with Gasteiger partial charge in [-0.3, -0.25) is 0 Å². The summed E-state index contributed by atoms with van der Waals surface area (Å²) in [5.74, 6) is 0. The molecule has 0 bridgehead atoms. The molecule has 0 aliphatic carbocycles. The molecule has 0 aromatic carbocycles. The van der Waals surface area contributed by atoms with Crippen molar-refractivity contribution in [1.29, 1.82) is 0 Å². The maximum Gasteiger partial charge on any atom is 0.546 e. The monoisotopic (exact) mass is 142 g/mol. The number of hydrogen-bond donors (Lipinski definition) is 2. The van der Waals surface area contributed by atoms with Crippen molar-refractivity contribution >= 4 is 10.3 Å². The molecule has 0 saturated carbocycles. The Balaban J connectivity index is 4.55. The third-order valence-corrected chi connectivity index (χ3v) is 0.738. The van der Waals surface area contributed by atoms with Gasteiger partial charge in [0.05, 0.1) is 4.27 Å². The molecule has 7 nitrogen and oxygen atoms in total. The van der Waals surface area contributed by atoms with Crippen LogP contribution >= 0.6 is 0 Å². The third-order valence-electron chi connectivity index (χ3n) is 0.270. The Bertz CT molecular complexity index is 186. The smallest absolute Gasteiger partial charge is 0.546 e. The van der Waals surface area contributed by atoms with Crippen molar-refractivity contribution < 1.29 is 22.4 Å². The molecule has 0 aliphatic heterocycles. The molecule has 0 fully saturated rings. The first-order valence-electron chi connectivity index (χ1n) is 1.28. The van der Waals surface area contributed by atoms with Crippen molar-refractivity contribution in [3.05, 3.63) is 5.21 Å². The highest BCUT2D eigenvalue weighted by atomic mass is 32.2. The summed E-state index contributed by atoms with van der Waals surface area (Å²) < 4.78 is 25.3. The van der Waals surface area contributed by atoms with Crippen LogP contribution in [0.3, 0.4) is 0 Å². The van der Waals surface area contributed by atoms with Crippen LogP contribution in [0, 0.1) is 5.21 Å². The van der Waals surface area contributed by atoms with Crippen LogP contribution in [0.4, 0.5) is 0 Å². The highest BCUT2D eigenvalue weighted by Crippen LogP contribution is 1.81. The zero-order chi connectivity index (χ0) is 6.78. The van der Waals surface area contributed by atoms with Crippen LogP contribution < -0.4 is 0 Å². The Labute approximate surface area is 44.3 Å². The van der Waals surface area contributed by atoms with Crippen molar-refractivity contribution in [1.82, 2.24) is 0 Å². The molecule has 8 heteroatoms. The summed E-state index contributed by atoms with van der Waals surface area (Å²) >= 11 is 0. The fourth-order valence-electron chi connectivity index (χ4n) is 0.0461. The van der Waals surface area contributed by atoms with Crippen molar-refractivity contribution in [2.75, 3.05) is 0 Å². The molecule has 0 heterocycles. The molecule has 2 N–H and O–H groups in total. The quantitative estimate of drug-likeness (QED) is 0.214. The van der Waals surface area contributed by atoms with E-state index >= 15 is 0 Å². The van der Waals surface area contributed by atoms with E-state index in [1.54, 1.807) is 5.28 Å². The Morgan fingerprint density at radius 3 is 2.00 bits per heavy atom. The van der Waals surface area contributed by atoms with E-state index in [1.165, 1.54) is 0 Å². The van der Waals surface area contributed by atoms with Gasteiger partial charge in [0.15, 0.2) is 0 Å². The zero-order valence-electron chi connectivity index (χ0n) is 3.42. The molecule has 0 aromatic heterocycles. The van der Waals surface area contributed by atoms with Gasteiger partial charge in [0.2, 0.25) is 5.28 Å². The van der Waals surface area contributed by atoms with Gasteiger partial charge in [0.1, 0.15) is 0 Å². The van der Waals surface area contributed by atoms with Gasteiger partial charge in [-0.05, 0) is 0 Å². The predicted octanol–water partition coefficient (Wildman–Crippen LogP) is -0.859. The molecule has 0 amide bonds. The lowest BCUT2D eigenvalue weighted by molar-refractivity contribution is -0.412. The van der Waals surface area contributed by atoms with Gasteiger partial charge < -0.3 is 10.4 Å². The highest BCUT2D eigenvalue weighted by Gasteiger charge is 2.15. The zero-order valence-corrected chi connectivity index (χ0v) is 4.24. The van der Waals surface area contributed by atoms with Gasteiger partial charge in [-0.1, -0.05) is 0 Å². The maximum absolute atomic E-state index is 9.50. The van der Waals surface area contributed by atoms with Crippen molar-refractivity contribution in [2.45, 2.75) is 0 Å². The molecule has 0 rings (SSSR count). The first-order chi connectivity index (χ1) is 3.48. The van der Waals surface area contributed by atoms with Crippen LogP contribution in [0.5, 0.6) is 0 Å². The van der Waals surface area contributed by atoms with Crippen LogP contribution in [0.1, 0.15) is 0 Å². The van der Waals surface area contributed by atoms with E-state index in [1.807, 2.05) is 0 Å². The van der Waals surface area contributed by atoms with E-state index in [2.05, 4.69) is 0 Å². The van der Waals surface area contributed by atoms with E-state index in [0.29, 0.717) is 0 Å². The largest absolute Gasteiger partial charge is 0.579 e. The van der Waals surface area contributed by atoms with Crippen LogP contribution in [0.25, 0.3) is 0 Å². The maximum atomic E-state index is 9.50. The third kappa shape index (κ3) is 1.71. The molecule has 8 heavy (non-hydrogen) atoms. The van der Waals surface area contributed by atoms with Gasteiger partial charge in [-0.25, -0.2) is 4.55 Å². The minimum Gasteiger partial charge on any atom is -0.579 e. The number of rotatable bonds is 1. The standard InChI is InChI=1S/H2N2O5S/c3-1-2(4)8(5,6)7/h3H,(H,5,6,7). The van der Waals surface area contributed by atoms with E-state index < -0.39 is 14.6 Å². The fourth-order valence-corrected chi connectivity index (χ4v) is 0.138. The minimum absolute atomic E-state index is 1.23. The molecule has 0 radical (unpaired) electrons. The van der Waals surface area contributed by atoms with Crippen LogP contribution in [0.15, 0.2) is 5.28 Å². The number of hydrogen-bond acceptors (Lipinski definition) is 4. The van der Waals surface area contributed by atoms with Gasteiger partial charge >= 0.3 is 10.3 Å². The molecular formula is H2N2O5S. The first kappa shape index (κ1) is 7.11. The van der Waals surface area contributed by atoms with E-state index in [4.69, 9.17) is 9.76 Å². The van der Waals surface area contributed by atoms with E-state index in [0.717, 1.165) is 0 Å². The lowest BCUT2D eigenvalue weighted by Crippen LogP contribution is -2.10. The van der Waals surface area contributed by atoms with Gasteiger partial charge in [0.25, 0.3) is 0 Å². The summed E-state index contributed by atoms with van der Waals surface area (Å²) in [5, 5.41) is 18.5. The molecule has 0 saturated heterocycles. The molecule has 0 atom stereocenters. The second-order valence-electron chi connectivity index (χ2n) is 0.775. The summed E-state index contributed by atoms with van der Waals surface area (Å²) in [6.45, 7) is 0. The average molecular weight is 142 g/mol. The molecule has 0 aliphatic rings. The Kier molecular flexibility index (Phi) is 1.71. The molecule has 0 spiro atoms. The topological polar surface area (TPSA) is 113 Å². The van der Waals surface area contributed by atoms with Crippen molar-refractivity contribution in [3.63, 3.8) is 0 Å². The van der Waals surface area contributed by atoms with Gasteiger partial charge in [-0.15, -0.1) is 8.42 Å². The SMILES string of the molecule is O=S(=O)(O)[N+]([O-])=NO. The normalized spacial score (nSPS) is 13.9. The lowest BCUT2D eigenvalue weighted by atomic mass is 12.9. The summed E-state index contributed by atoms with van der Waals surface area (Å²) in [7, 11) is -4.89. The average Bonchev–Trinajstić information content (AvgIpc) is 1.62. The van der Waals surface area contributed by atoms with E-state index in [9.17, 15) is 13.6 Å². The number of nitrogens with zero attached hydrogens (tertiary/aromatic N) is 2. The molecule has 0 unspecified atom stereocenters. The van der Waals surface area contributed by atoms with Gasteiger partial charge in [-0.2, -0.15) is 0 Å². The molecule has 48 valence electrons. The van der Waals surface area contributed by atoms with Crippen molar-refractivity contribution in [2.24, 2.45) is 5.28 Å². The second-order valence-corrected chi connectivity index (χ2v) is 1.98. The Hall–Kier alpha value is -0.890. The summed E-state index contributed by atoms with van der Waals surface area (Å²) in [6.07, 6.45) is 0. The first-order valence-corrected chi connectivity index (χ1v) is 2.68.